The standard InChI is InChI=1S/C21H16F3N5O2/c1-12-18(20(30)26-15-5-3-4-14(10-15)21(22,23)24)27-28-19-17(11-25-29(12)19)13-6-8-16(31-2)9-7-13/h3-11H,1-2H3,(H,26,30). The summed E-state index contributed by atoms with van der Waals surface area (Å²) in [5.74, 6) is 0.0174. The van der Waals surface area contributed by atoms with Gasteiger partial charge in [-0.05, 0) is 42.8 Å². The number of fused-ring (bicyclic) bond motifs is 1. The smallest absolute Gasteiger partial charge is 0.416 e. The Morgan fingerprint density at radius 2 is 1.84 bits per heavy atom. The highest BCUT2D eigenvalue weighted by molar-refractivity contribution is 6.03. The molecule has 7 nitrogen and oxygen atoms in total. The predicted octanol–water partition coefficient (Wildman–Crippen LogP) is 4.38. The average molecular weight is 427 g/mol. The first-order valence-electron chi connectivity index (χ1n) is 9.12. The van der Waals surface area contributed by atoms with Gasteiger partial charge in [-0.25, -0.2) is 4.52 Å². The molecule has 2 aromatic carbocycles. The molecule has 0 unspecified atom stereocenters. The minimum absolute atomic E-state index is 0.000471. The first kappa shape index (κ1) is 20.3. The third kappa shape index (κ3) is 3.91. The van der Waals surface area contributed by atoms with Crippen LogP contribution in [0.15, 0.2) is 54.7 Å². The van der Waals surface area contributed by atoms with E-state index in [9.17, 15) is 18.0 Å². The van der Waals surface area contributed by atoms with Crippen molar-refractivity contribution in [2.45, 2.75) is 13.1 Å². The SMILES string of the molecule is COc1ccc(-c2cnn3c(C)c(C(=O)Nc4cccc(C(F)(F)F)c4)nnc23)cc1. The fourth-order valence-corrected chi connectivity index (χ4v) is 3.10. The quantitative estimate of drug-likeness (QED) is 0.523. The van der Waals surface area contributed by atoms with Gasteiger partial charge < -0.3 is 10.1 Å². The topological polar surface area (TPSA) is 81.4 Å². The molecule has 0 atom stereocenters. The van der Waals surface area contributed by atoms with Crippen LogP contribution in [0.3, 0.4) is 0 Å². The van der Waals surface area contributed by atoms with E-state index in [1.807, 2.05) is 12.1 Å². The summed E-state index contributed by atoms with van der Waals surface area (Å²) in [6, 6.07) is 11.7. The van der Waals surface area contributed by atoms with Crippen LogP contribution in [0.4, 0.5) is 18.9 Å². The van der Waals surface area contributed by atoms with Gasteiger partial charge in [-0.2, -0.15) is 18.3 Å². The van der Waals surface area contributed by atoms with Crippen molar-refractivity contribution in [2.24, 2.45) is 0 Å². The zero-order valence-electron chi connectivity index (χ0n) is 16.4. The van der Waals surface area contributed by atoms with Crippen LogP contribution in [0.5, 0.6) is 5.75 Å². The van der Waals surface area contributed by atoms with Crippen molar-refractivity contribution in [3.05, 3.63) is 71.7 Å². The summed E-state index contributed by atoms with van der Waals surface area (Å²) >= 11 is 0. The Labute approximate surface area is 174 Å². The number of carbonyl (C=O) groups is 1. The number of rotatable bonds is 4. The number of anilines is 1. The molecule has 2 heterocycles. The predicted molar refractivity (Wildman–Crippen MR) is 107 cm³/mol. The number of ether oxygens (including phenoxy) is 1. The summed E-state index contributed by atoms with van der Waals surface area (Å²) in [7, 11) is 1.57. The molecule has 0 radical (unpaired) electrons. The van der Waals surface area contributed by atoms with Gasteiger partial charge in [-0.3, -0.25) is 4.79 Å². The molecule has 2 aromatic heterocycles. The molecule has 4 aromatic rings. The van der Waals surface area contributed by atoms with Crippen molar-refractivity contribution in [3.63, 3.8) is 0 Å². The number of methoxy groups -OCH3 is 1. The number of benzene rings is 2. The van der Waals surface area contributed by atoms with Crippen LogP contribution in [0.2, 0.25) is 0 Å². The Morgan fingerprint density at radius 1 is 1.10 bits per heavy atom. The van der Waals surface area contributed by atoms with E-state index in [0.29, 0.717) is 22.7 Å². The van der Waals surface area contributed by atoms with E-state index in [0.717, 1.165) is 17.7 Å². The van der Waals surface area contributed by atoms with Crippen molar-refractivity contribution in [2.75, 3.05) is 12.4 Å². The van der Waals surface area contributed by atoms with Crippen molar-refractivity contribution in [3.8, 4) is 16.9 Å². The minimum atomic E-state index is -4.51. The van der Waals surface area contributed by atoms with Gasteiger partial charge in [0.15, 0.2) is 11.3 Å². The Hall–Kier alpha value is -3.95. The number of hydrogen-bond acceptors (Lipinski definition) is 5. The van der Waals surface area contributed by atoms with Crippen LogP contribution in [0.1, 0.15) is 21.7 Å². The molecular weight excluding hydrogens is 411 g/mol. The van der Waals surface area contributed by atoms with E-state index in [4.69, 9.17) is 4.74 Å². The molecule has 10 heteroatoms. The lowest BCUT2D eigenvalue weighted by molar-refractivity contribution is -0.137. The van der Waals surface area contributed by atoms with Crippen LogP contribution < -0.4 is 10.1 Å². The van der Waals surface area contributed by atoms with Crippen LogP contribution >= 0.6 is 0 Å². The molecule has 31 heavy (non-hydrogen) atoms. The first-order chi connectivity index (χ1) is 14.8. The minimum Gasteiger partial charge on any atom is -0.497 e. The number of aryl methyl sites for hydroxylation is 1. The largest absolute Gasteiger partial charge is 0.497 e. The molecule has 0 aliphatic heterocycles. The van der Waals surface area contributed by atoms with E-state index in [2.05, 4.69) is 20.6 Å². The maximum absolute atomic E-state index is 12.9. The Morgan fingerprint density at radius 3 is 2.52 bits per heavy atom. The highest BCUT2D eigenvalue weighted by Crippen LogP contribution is 2.31. The molecule has 1 amide bonds. The third-order valence-electron chi connectivity index (χ3n) is 4.71. The van der Waals surface area contributed by atoms with Gasteiger partial charge >= 0.3 is 6.18 Å². The molecule has 0 saturated heterocycles. The fraction of sp³-hybridized carbons (Fsp3) is 0.143. The highest BCUT2D eigenvalue weighted by Gasteiger charge is 2.30. The molecular formula is C21H16F3N5O2. The lowest BCUT2D eigenvalue weighted by Crippen LogP contribution is -2.19. The second kappa shape index (κ2) is 7.71. The molecule has 0 aliphatic carbocycles. The Bertz CT molecular complexity index is 1270. The van der Waals surface area contributed by atoms with Gasteiger partial charge in [0.1, 0.15) is 5.75 Å². The van der Waals surface area contributed by atoms with E-state index in [1.165, 1.54) is 16.6 Å². The van der Waals surface area contributed by atoms with Gasteiger partial charge in [0.05, 0.1) is 24.6 Å². The average Bonchev–Trinajstić information content (AvgIpc) is 3.18. The molecule has 0 aliphatic rings. The van der Waals surface area contributed by atoms with Crippen LogP contribution in [0.25, 0.3) is 16.8 Å². The number of aromatic nitrogens is 4. The van der Waals surface area contributed by atoms with Gasteiger partial charge in [0, 0.05) is 11.3 Å². The fourth-order valence-electron chi connectivity index (χ4n) is 3.10. The zero-order chi connectivity index (χ0) is 22.2. The second-order valence-corrected chi connectivity index (χ2v) is 6.69. The lowest BCUT2D eigenvalue weighted by atomic mass is 10.1. The zero-order valence-corrected chi connectivity index (χ0v) is 16.4. The molecule has 0 spiro atoms. The van der Waals surface area contributed by atoms with E-state index in [-0.39, 0.29) is 11.4 Å². The summed E-state index contributed by atoms with van der Waals surface area (Å²) in [5, 5.41) is 14.8. The molecule has 158 valence electrons. The molecule has 0 saturated carbocycles. The molecule has 1 N–H and O–H groups in total. The number of nitrogens with zero attached hydrogens (tertiary/aromatic N) is 4. The summed E-state index contributed by atoms with van der Waals surface area (Å²) in [6.07, 6.45) is -2.91. The van der Waals surface area contributed by atoms with Crippen LogP contribution in [-0.2, 0) is 6.18 Å². The van der Waals surface area contributed by atoms with Crippen LogP contribution in [0, 0.1) is 6.92 Å². The number of halogens is 3. The first-order valence-corrected chi connectivity index (χ1v) is 9.12. The summed E-state index contributed by atoms with van der Waals surface area (Å²) in [5.41, 5.74) is 1.48. The van der Waals surface area contributed by atoms with Crippen LogP contribution in [-0.4, -0.2) is 32.8 Å². The molecule has 4 rings (SSSR count). The lowest BCUT2D eigenvalue weighted by Gasteiger charge is -2.10. The van der Waals surface area contributed by atoms with Crippen molar-refractivity contribution in [1.82, 2.24) is 19.8 Å². The Balaban J connectivity index is 1.65. The number of carbonyl (C=O) groups excluding carboxylic acids is 1. The van der Waals surface area contributed by atoms with Crippen molar-refractivity contribution >= 4 is 17.2 Å². The van der Waals surface area contributed by atoms with Crippen molar-refractivity contribution < 1.29 is 22.7 Å². The van der Waals surface area contributed by atoms with Gasteiger partial charge in [-0.1, -0.05) is 18.2 Å². The molecule has 0 bridgehead atoms. The summed E-state index contributed by atoms with van der Waals surface area (Å²) < 4.78 is 45.3. The number of amides is 1. The van der Waals surface area contributed by atoms with Crippen molar-refractivity contribution in [1.29, 1.82) is 0 Å². The molecule has 0 fully saturated rings. The maximum atomic E-state index is 12.9. The summed E-state index contributed by atoms with van der Waals surface area (Å²) in [4.78, 5) is 12.6. The van der Waals surface area contributed by atoms with Gasteiger partial charge in [0.25, 0.3) is 5.91 Å². The van der Waals surface area contributed by atoms with E-state index in [1.54, 1.807) is 32.4 Å². The Kier molecular flexibility index (Phi) is 5.05. The van der Waals surface area contributed by atoms with E-state index >= 15 is 0 Å². The monoisotopic (exact) mass is 427 g/mol. The number of nitrogens with one attached hydrogen (secondary N) is 1. The third-order valence-corrected chi connectivity index (χ3v) is 4.71. The summed E-state index contributed by atoms with van der Waals surface area (Å²) in [6.45, 7) is 1.63. The number of hydrogen-bond donors (Lipinski definition) is 1. The second-order valence-electron chi connectivity index (χ2n) is 6.69. The van der Waals surface area contributed by atoms with Gasteiger partial charge in [-0.15, -0.1) is 10.2 Å². The number of alkyl halides is 3. The van der Waals surface area contributed by atoms with Gasteiger partial charge in [0.2, 0.25) is 0 Å². The normalized spacial score (nSPS) is 11.5. The van der Waals surface area contributed by atoms with E-state index < -0.39 is 17.6 Å². The maximum Gasteiger partial charge on any atom is 0.416 e. The highest BCUT2D eigenvalue weighted by atomic mass is 19.4.